The third-order valence-corrected chi connectivity index (χ3v) is 0.816. The van der Waals surface area contributed by atoms with Gasteiger partial charge in [-0.25, -0.2) is 0 Å². The monoisotopic (exact) mass is 122 g/mol. The van der Waals surface area contributed by atoms with Crippen LogP contribution >= 0.6 is 11.6 Å². The molecular weight excluding hydrogens is 115 g/mol. The summed E-state index contributed by atoms with van der Waals surface area (Å²) in [4.78, 5) is 9.66. The topological polar surface area (TPSA) is 69.1 Å². The zero-order valence-corrected chi connectivity index (χ0v) is 4.43. The highest BCUT2D eigenvalue weighted by Gasteiger charge is 2.05. The van der Waals surface area contributed by atoms with Crippen LogP contribution in [0.2, 0.25) is 0 Å². The molecule has 0 aliphatic rings. The fraction of sp³-hybridized carbons (Fsp3) is 0.667. The lowest BCUT2D eigenvalue weighted by molar-refractivity contribution is -0.108. The normalized spacial score (nSPS) is 18.1. The number of halogens is 1. The number of rotatable bonds is 2. The van der Waals surface area contributed by atoms with E-state index in [1.165, 1.54) is 0 Å². The van der Waals surface area contributed by atoms with Crippen LogP contribution < -0.4 is 11.5 Å². The van der Waals surface area contributed by atoms with Gasteiger partial charge in [-0.05, 0) is 0 Å². The molecular formula is C3H7ClN2O. The van der Waals surface area contributed by atoms with Crippen LogP contribution in [0.15, 0.2) is 0 Å². The van der Waals surface area contributed by atoms with Crippen molar-refractivity contribution in [1.29, 1.82) is 0 Å². The maximum atomic E-state index is 9.66. The molecule has 0 spiro atoms. The highest BCUT2D eigenvalue weighted by Crippen LogP contribution is 1.85. The van der Waals surface area contributed by atoms with Crippen molar-refractivity contribution < 1.29 is 4.79 Å². The number of nitrogens with two attached hydrogens (primary N) is 2. The van der Waals surface area contributed by atoms with Gasteiger partial charge in [0.2, 0.25) is 0 Å². The van der Waals surface area contributed by atoms with Gasteiger partial charge in [0.15, 0.2) is 0 Å². The van der Waals surface area contributed by atoms with E-state index < -0.39 is 11.5 Å². The maximum Gasteiger partial charge on any atom is 0.139 e. The van der Waals surface area contributed by atoms with Gasteiger partial charge in [-0.2, -0.15) is 0 Å². The van der Waals surface area contributed by atoms with Gasteiger partial charge in [0.1, 0.15) is 11.8 Å². The average Bonchev–Trinajstić information content (AvgIpc) is 1.65. The summed E-state index contributed by atoms with van der Waals surface area (Å²) >= 11 is 5.15. The Bertz CT molecular complexity index is 66.0. The first-order valence-electron chi connectivity index (χ1n) is 1.79. The van der Waals surface area contributed by atoms with Gasteiger partial charge in [0.25, 0.3) is 0 Å². The summed E-state index contributed by atoms with van der Waals surface area (Å²) < 4.78 is 0. The van der Waals surface area contributed by atoms with Gasteiger partial charge < -0.3 is 16.3 Å². The maximum absolute atomic E-state index is 9.66. The largest absolute Gasteiger partial charge is 0.319 e. The molecule has 2 atom stereocenters. The Morgan fingerprint density at radius 1 is 1.57 bits per heavy atom. The van der Waals surface area contributed by atoms with E-state index in [1.807, 2.05) is 0 Å². The Morgan fingerprint density at radius 2 is 2.00 bits per heavy atom. The molecule has 0 aromatic heterocycles. The van der Waals surface area contributed by atoms with Gasteiger partial charge in [0.05, 0.1) is 6.04 Å². The zero-order valence-electron chi connectivity index (χ0n) is 3.67. The highest BCUT2D eigenvalue weighted by molar-refractivity contribution is 6.21. The van der Waals surface area contributed by atoms with Gasteiger partial charge in [-0.1, -0.05) is 0 Å². The van der Waals surface area contributed by atoms with Crippen LogP contribution in [0.25, 0.3) is 0 Å². The SMILES string of the molecule is NC(Cl)C(N)C=O. The molecule has 2 unspecified atom stereocenters. The van der Waals surface area contributed by atoms with Crippen molar-refractivity contribution in [2.75, 3.05) is 0 Å². The molecule has 42 valence electrons. The van der Waals surface area contributed by atoms with Crippen molar-refractivity contribution in [2.45, 2.75) is 11.5 Å². The van der Waals surface area contributed by atoms with Crippen molar-refractivity contribution >= 4 is 17.9 Å². The van der Waals surface area contributed by atoms with Crippen molar-refractivity contribution in [1.82, 2.24) is 0 Å². The van der Waals surface area contributed by atoms with Crippen molar-refractivity contribution in [3.8, 4) is 0 Å². The number of alkyl halides is 1. The lowest BCUT2D eigenvalue weighted by Crippen LogP contribution is -2.38. The second-order valence-corrected chi connectivity index (χ2v) is 1.66. The smallest absolute Gasteiger partial charge is 0.139 e. The molecule has 0 rings (SSSR count). The minimum atomic E-state index is -0.752. The molecule has 0 saturated carbocycles. The predicted molar refractivity (Wildman–Crippen MR) is 27.9 cm³/mol. The van der Waals surface area contributed by atoms with Gasteiger partial charge >= 0.3 is 0 Å². The zero-order chi connectivity index (χ0) is 5.86. The van der Waals surface area contributed by atoms with Crippen molar-refractivity contribution in [3.63, 3.8) is 0 Å². The van der Waals surface area contributed by atoms with E-state index in [2.05, 4.69) is 0 Å². The first kappa shape index (κ1) is 6.88. The average molecular weight is 123 g/mol. The van der Waals surface area contributed by atoms with Crippen LogP contribution in [0.4, 0.5) is 0 Å². The molecule has 0 aliphatic carbocycles. The number of hydrogen-bond donors (Lipinski definition) is 2. The Morgan fingerprint density at radius 3 is 2.00 bits per heavy atom. The van der Waals surface area contributed by atoms with E-state index in [4.69, 9.17) is 23.1 Å². The molecule has 0 bridgehead atoms. The molecule has 7 heavy (non-hydrogen) atoms. The molecule has 0 saturated heterocycles. The van der Waals surface area contributed by atoms with Gasteiger partial charge in [0, 0.05) is 0 Å². The van der Waals surface area contributed by atoms with Crippen molar-refractivity contribution in [2.24, 2.45) is 11.5 Å². The minimum Gasteiger partial charge on any atom is -0.319 e. The summed E-state index contributed by atoms with van der Waals surface area (Å²) in [6, 6.07) is -0.735. The van der Waals surface area contributed by atoms with E-state index in [9.17, 15) is 4.79 Å². The van der Waals surface area contributed by atoms with Crippen LogP contribution in [0, 0.1) is 0 Å². The molecule has 0 amide bonds. The standard InChI is InChI=1S/C3H7ClN2O/c4-3(6)2(5)1-7/h1-3H,5-6H2. The molecule has 0 radical (unpaired) electrons. The fourth-order valence-corrected chi connectivity index (χ4v) is 0.134. The third kappa shape index (κ3) is 2.56. The molecule has 0 fully saturated rings. The van der Waals surface area contributed by atoms with E-state index >= 15 is 0 Å². The second-order valence-electron chi connectivity index (χ2n) is 1.16. The Hall–Kier alpha value is -0.120. The number of aldehydes is 1. The molecule has 0 aromatic carbocycles. The fourth-order valence-electron chi connectivity index (χ4n) is 0.0751. The van der Waals surface area contributed by atoms with E-state index in [0.717, 1.165) is 0 Å². The van der Waals surface area contributed by atoms with E-state index in [0.29, 0.717) is 6.29 Å². The van der Waals surface area contributed by atoms with Crippen LogP contribution in [0.3, 0.4) is 0 Å². The molecule has 0 aromatic rings. The number of carbonyl (C=O) groups excluding carboxylic acids is 1. The predicted octanol–water partition coefficient (Wildman–Crippen LogP) is -0.964. The second kappa shape index (κ2) is 2.96. The minimum absolute atomic E-state index is 0.512. The summed E-state index contributed by atoms with van der Waals surface area (Å²) in [5, 5.41) is 0. The molecule has 4 heteroatoms. The van der Waals surface area contributed by atoms with Gasteiger partial charge in [-0.15, -0.1) is 11.6 Å². The Balaban J connectivity index is 3.33. The van der Waals surface area contributed by atoms with Crippen LogP contribution in [-0.2, 0) is 4.79 Å². The van der Waals surface area contributed by atoms with Crippen LogP contribution in [0.1, 0.15) is 0 Å². The molecule has 0 heterocycles. The lowest BCUT2D eigenvalue weighted by Gasteiger charge is -2.02. The Kier molecular flexibility index (Phi) is 2.91. The molecule has 0 aliphatic heterocycles. The van der Waals surface area contributed by atoms with E-state index in [1.54, 1.807) is 0 Å². The highest BCUT2D eigenvalue weighted by atomic mass is 35.5. The first-order valence-corrected chi connectivity index (χ1v) is 2.22. The first-order chi connectivity index (χ1) is 3.18. The summed E-state index contributed by atoms with van der Waals surface area (Å²) in [5.74, 6) is 0. The summed E-state index contributed by atoms with van der Waals surface area (Å²) in [6.45, 7) is 0. The molecule has 3 nitrogen and oxygen atoms in total. The summed E-state index contributed by atoms with van der Waals surface area (Å²) in [7, 11) is 0. The third-order valence-electron chi connectivity index (χ3n) is 0.525. The van der Waals surface area contributed by atoms with Gasteiger partial charge in [-0.3, -0.25) is 0 Å². The molecule has 4 N–H and O–H groups in total. The van der Waals surface area contributed by atoms with Crippen LogP contribution in [-0.4, -0.2) is 17.8 Å². The number of hydrogen-bond acceptors (Lipinski definition) is 3. The quantitative estimate of drug-likeness (QED) is 0.282. The van der Waals surface area contributed by atoms with Crippen molar-refractivity contribution in [3.05, 3.63) is 0 Å². The van der Waals surface area contributed by atoms with E-state index in [-0.39, 0.29) is 0 Å². The number of carbonyl (C=O) groups is 1. The summed E-state index contributed by atoms with van der Waals surface area (Å²) in [6.07, 6.45) is 0.512. The Labute approximate surface area is 46.6 Å². The lowest BCUT2D eigenvalue weighted by atomic mass is 10.4. The summed E-state index contributed by atoms with van der Waals surface area (Å²) in [5.41, 5.74) is 9.19. The van der Waals surface area contributed by atoms with Crippen LogP contribution in [0.5, 0.6) is 0 Å².